The number of aromatic amines is 1. The third kappa shape index (κ3) is 3.42. The molecular weight excluding hydrogens is 364 g/mol. The largest absolute Gasteiger partial charge is 0.487 e. The van der Waals surface area contributed by atoms with Crippen LogP contribution < -0.4 is 20.4 Å². The van der Waals surface area contributed by atoms with Gasteiger partial charge in [-0.3, -0.25) is 10.1 Å². The Morgan fingerprint density at radius 3 is 2.96 bits per heavy atom. The summed E-state index contributed by atoms with van der Waals surface area (Å²) in [6.07, 6.45) is 2.81. The lowest BCUT2D eigenvalue weighted by molar-refractivity contribution is -0.118. The Labute approximate surface area is 160 Å². The highest BCUT2D eigenvalue weighted by atomic mass is 16.5. The number of carbonyl (C=O) groups is 1. The van der Waals surface area contributed by atoms with Gasteiger partial charge in [0.15, 0.2) is 6.61 Å². The molecule has 0 spiro atoms. The molecule has 9 heteroatoms. The van der Waals surface area contributed by atoms with E-state index in [4.69, 9.17) is 13.9 Å². The van der Waals surface area contributed by atoms with E-state index in [9.17, 15) is 9.59 Å². The molecule has 9 nitrogen and oxygen atoms in total. The minimum absolute atomic E-state index is 0.233. The van der Waals surface area contributed by atoms with Crippen LogP contribution in [0, 0.1) is 6.92 Å². The Morgan fingerprint density at radius 1 is 1.39 bits per heavy atom. The molecule has 1 aliphatic rings. The smallest absolute Gasteiger partial charge is 0.336 e. The summed E-state index contributed by atoms with van der Waals surface area (Å²) in [7, 11) is 0. The number of nitrogens with zero attached hydrogens (tertiary/aromatic N) is 2. The van der Waals surface area contributed by atoms with Gasteiger partial charge in [0.25, 0.3) is 5.91 Å². The Balaban J connectivity index is 1.71. The van der Waals surface area contributed by atoms with Crippen molar-refractivity contribution in [2.24, 2.45) is 0 Å². The first-order chi connectivity index (χ1) is 13.3. The van der Waals surface area contributed by atoms with Crippen molar-refractivity contribution in [3.8, 4) is 11.5 Å². The molecule has 0 atom stereocenters. The molecule has 0 radical (unpaired) electrons. The summed E-state index contributed by atoms with van der Waals surface area (Å²) in [4.78, 5) is 27.9. The van der Waals surface area contributed by atoms with Crippen LogP contribution in [0.1, 0.15) is 31.4 Å². The second-order valence-electron chi connectivity index (χ2n) is 7.34. The summed E-state index contributed by atoms with van der Waals surface area (Å²) < 4.78 is 17.3. The lowest BCUT2D eigenvalue weighted by Crippen LogP contribution is -2.32. The summed E-state index contributed by atoms with van der Waals surface area (Å²) in [5.41, 5.74) is 1.23. The molecule has 1 aliphatic heterocycles. The minimum atomic E-state index is -0.433. The first-order valence-corrected chi connectivity index (χ1v) is 8.90. The van der Waals surface area contributed by atoms with E-state index in [1.807, 2.05) is 13.8 Å². The number of amides is 1. The molecule has 0 aliphatic carbocycles. The minimum Gasteiger partial charge on any atom is -0.487 e. The van der Waals surface area contributed by atoms with Crippen LogP contribution in [0.15, 0.2) is 27.7 Å². The predicted molar refractivity (Wildman–Crippen MR) is 101 cm³/mol. The second-order valence-corrected chi connectivity index (χ2v) is 7.34. The molecule has 0 fully saturated rings. The number of aryl methyl sites for hydroxylation is 2. The zero-order valence-corrected chi connectivity index (χ0v) is 15.8. The highest BCUT2D eigenvalue weighted by molar-refractivity contribution is 5.93. The van der Waals surface area contributed by atoms with E-state index in [1.54, 1.807) is 13.0 Å². The molecule has 3 heterocycles. The fraction of sp³-hybridized carbons (Fsp3) is 0.368. The number of benzene rings is 1. The highest BCUT2D eigenvalue weighted by Crippen LogP contribution is 2.42. The van der Waals surface area contributed by atoms with Crippen molar-refractivity contribution in [3.63, 3.8) is 0 Å². The average Bonchev–Trinajstić information content (AvgIpc) is 3.11. The molecule has 0 saturated carbocycles. The van der Waals surface area contributed by atoms with Crippen LogP contribution in [-0.4, -0.2) is 33.3 Å². The number of hydrogen-bond acceptors (Lipinski definition) is 7. The van der Waals surface area contributed by atoms with Crippen molar-refractivity contribution in [1.82, 2.24) is 15.2 Å². The molecule has 146 valence electrons. The van der Waals surface area contributed by atoms with E-state index in [-0.39, 0.29) is 18.2 Å². The van der Waals surface area contributed by atoms with E-state index in [0.29, 0.717) is 28.0 Å². The van der Waals surface area contributed by atoms with Gasteiger partial charge in [-0.2, -0.15) is 10.1 Å². The molecule has 0 saturated heterocycles. The Kier molecular flexibility index (Phi) is 4.29. The van der Waals surface area contributed by atoms with E-state index < -0.39 is 11.5 Å². The van der Waals surface area contributed by atoms with Crippen LogP contribution in [0.25, 0.3) is 11.0 Å². The number of nitrogens with one attached hydrogen (secondary N) is 2. The molecule has 0 bridgehead atoms. The number of ether oxygens (including phenoxy) is 2. The van der Waals surface area contributed by atoms with Gasteiger partial charge in [0.05, 0.1) is 5.39 Å². The molecule has 2 aromatic heterocycles. The zero-order chi connectivity index (χ0) is 19.9. The number of rotatable bonds is 4. The first kappa shape index (κ1) is 18.0. The summed E-state index contributed by atoms with van der Waals surface area (Å²) in [6, 6.07) is 3.16. The van der Waals surface area contributed by atoms with Crippen molar-refractivity contribution in [2.45, 2.75) is 39.2 Å². The van der Waals surface area contributed by atoms with E-state index in [2.05, 4.69) is 20.5 Å². The molecule has 4 rings (SSSR count). The summed E-state index contributed by atoms with van der Waals surface area (Å²) in [5, 5.41) is 9.41. The van der Waals surface area contributed by atoms with Gasteiger partial charge in [0.1, 0.15) is 29.0 Å². The predicted octanol–water partition coefficient (Wildman–Crippen LogP) is 2.34. The first-order valence-electron chi connectivity index (χ1n) is 8.90. The quantitative estimate of drug-likeness (QED) is 0.663. The fourth-order valence-corrected chi connectivity index (χ4v) is 3.31. The molecule has 1 amide bonds. The SMILES string of the molecule is Cc1cc(=O)oc2c3c(cc(OCC(=O)Nc4ncn[nH]4)c12)OC(C)(C)CC3. The van der Waals surface area contributed by atoms with Crippen molar-refractivity contribution in [2.75, 3.05) is 11.9 Å². The van der Waals surface area contributed by atoms with Gasteiger partial charge in [-0.25, -0.2) is 9.89 Å². The lowest BCUT2D eigenvalue weighted by Gasteiger charge is -2.33. The van der Waals surface area contributed by atoms with Gasteiger partial charge in [0.2, 0.25) is 5.95 Å². The molecule has 0 unspecified atom stereocenters. The van der Waals surface area contributed by atoms with Crippen molar-refractivity contribution >= 4 is 22.8 Å². The van der Waals surface area contributed by atoms with Crippen LogP contribution in [0.3, 0.4) is 0 Å². The lowest BCUT2D eigenvalue weighted by atomic mass is 9.92. The van der Waals surface area contributed by atoms with Crippen molar-refractivity contribution in [1.29, 1.82) is 0 Å². The van der Waals surface area contributed by atoms with Crippen LogP contribution in [0.5, 0.6) is 11.5 Å². The van der Waals surface area contributed by atoms with Gasteiger partial charge >= 0.3 is 5.63 Å². The molecule has 3 aromatic rings. The van der Waals surface area contributed by atoms with Gasteiger partial charge < -0.3 is 13.9 Å². The van der Waals surface area contributed by atoms with Gasteiger partial charge in [-0.15, -0.1) is 0 Å². The number of hydrogen-bond donors (Lipinski definition) is 2. The van der Waals surface area contributed by atoms with E-state index >= 15 is 0 Å². The van der Waals surface area contributed by atoms with Crippen LogP contribution >= 0.6 is 0 Å². The number of anilines is 1. The summed E-state index contributed by atoms with van der Waals surface area (Å²) in [5.74, 6) is 0.846. The highest BCUT2D eigenvalue weighted by Gasteiger charge is 2.30. The summed E-state index contributed by atoms with van der Waals surface area (Å²) >= 11 is 0. The number of H-pyrrole nitrogens is 1. The van der Waals surface area contributed by atoms with Crippen LogP contribution in [0.4, 0.5) is 5.95 Å². The van der Waals surface area contributed by atoms with Crippen LogP contribution in [-0.2, 0) is 11.2 Å². The number of fused-ring (bicyclic) bond motifs is 3. The Bertz CT molecular complexity index is 1100. The van der Waals surface area contributed by atoms with Crippen LogP contribution in [0.2, 0.25) is 0 Å². The maximum atomic E-state index is 12.1. The zero-order valence-electron chi connectivity index (χ0n) is 15.8. The Hall–Kier alpha value is -3.36. The Morgan fingerprint density at radius 2 is 2.21 bits per heavy atom. The maximum Gasteiger partial charge on any atom is 0.336 e. The monoisotopic (exact) mass is 384 g/mol. The van der Waals surface area contributed by atoms with E-state index in [0.717, 1.165) is 18.4 Å². The topological polar surface area (TPSA) is 119 Å². The third-order valence-corrected chi connectivity index (χ3v) is 4.63. The number of aromatic nitrogens is 3. The van der Waals surface area contributed by atoms with Gasteiger partial charge in [-0.05, 0) is 39.2 Å². The average molecular weight is 384 g/mol. The van der Waals surface area contributed by atoms with Crippen molar-refractivity contribution < 1.29 is 18.7 Å². The number of carbonyl (C=O) groups excluding carboxylic acids is 1. The molecule has 1 aromatic carbocycles. The van der Waals surface area contributed by atoms with Crippen molar-refractivity contribution in [3.05, 3.63) is 40.0 Å². The maximum absolute atomic E-state index is 12.1. The van der Waals surface area contributed by atoms with Gasteiger partial charge in [-0.1, -0.05) is 0 Å². The standard InChI is InChI=1S/C19H20N4O5/c1-10-6-15(25)27-17-11-4-5-19(2,3)28-12(11)7-13(16(10)17)26-8-14(24)22-18-20-9-21-23-18/h6-7,9H,4-5,8H2,1-3H3,(H2,20,21,22,23,24). The van der Waals surface area contributed by atoms with Gasteiger partial charge in [0, 0.05) is 17.7 Å². The normalized spacial score (nSPS) is 15.0. The van der Waals surface area contributed by atoms with E-state index in [1.165, 1.54) is 12.4 Å². The second kappa shape index (κ2) is 6.66. The summed E-state index contributed by atoms with van der Waals surface area (Å²) in [6.45, 7) is 5.55. The molecule has 28 heavy (non-hydrogen) atoms. The fourth-order valence-electron chi connectivity index (χ4n) is 3.31. The molecular formula is C19H20N4O5. The molecule has 2 N–H and O–H groups in total. The third-order valence-electron chi connectivity index (χ3n) is 4.63.